The molecule has 0 saturated heterocycles. The molecule has 3 aromatic rings. The lowest BCUT2D eigenvalue weighted by Gasteiger charge is -2.07. The summed E-state index contributed by atoms with van der Waals surface area (Å²) in [5.74, 6) is -0.379. The highest BCUT2D eigenvalue weighted by Gasteiger charge is 2.17. The van der Waals surface area contributed by atoms with Gasteiger partial charge in [0.2, 0.25) is 0 Å². The Balaban J connectivity index is 1.95. The number of hydrogen-bond donors (Lipinski definition) is 1. The Labute approximate surface area is 130 Å². The first-order valence-corrected chi connectivity index (χ1v) is 7.44. The molecule has 0 bridgehead atoms. The summed E-state index contributed by atoms with van der Waals surface area (Å²) >= 11 is 7.16. The summed E-state index contributed by atoms with van der Waals surface area (Å²) in [5.41, 5.74) is 7.44. The molecule has 2 N–H and O–H groups in total. The lowest BCUT2D eigenvalue weighted by atomic mass is 10.1. The smallest absolute Gasteiger partial charge is 0.150 e. The van der Waals surface area contributed by atoms with Gasteiger partial charge in [-0.2, -0.15) is 0 Å². The fraction of sp³-hybridized carbons (Fsp3) is 0.0667. The fourth-order valence-corrected chi connectivity index (χ4v) is 3.00. The molecule has 0 aliphatic heterocycles. The van der Waals surface area contributed by atoms with E-state index in [1.807, 2.05) is 30.3 Å². The Hall–Kier alpha value is -1.82. The third-order valence-corrected chi connectivity index (χ3v) is 4.30. The molecule has 0 radical (unpaired) electrons. The van der Waals surface area contributed by atoms with Crippen molar-refractivity contribution in [1.29, 1.82) is 0 Å². The molecule has 0 amide bonds. The van der Waals surface area contributed by atoms with Crippen LogP contribution in [0.25, 0.3) is 10.6 Å². The standard InChI is InChI=1S/C15H11ClFN3S/c16-10-6-7-12(17)11(8-10)14-19-20-15(21-14)13(18)9-4-2-1-3-5-9/h1-8,13H,18H2. The zero-order valence-corrected chi connectivity index (χ0v) is 12.4. The van der Waals surface area contributed by atoms with Crippen LogP contribution in [0.4, 0.5) is 4.39 Å². The zero-order chi connectivity index (χ0) is 14.8. The molecule has 6 heteroatoms. The second-order valence-corrected chi connectivity index (χ2v) is 5.90. The van der Waals surface area contributed by atoms with Crippen molar-refractivity contribution < 1.29 is 4.39 Å². The summed E-state index contributed by atoms with van der Waals surface area (Å²) in [4.78, 5) is 0. The third kappa shape index (κ3) is 2.95. The lowest BCUT2D eigenvalue weighted by molar-refractivity contribution is 0.631. The van der Waals surface area contributed by atoms with Crippen molar-refractivity contribution in [3.8, 4) is 10.6 Å². The molecule has 1 heterocycles. The molecule has 2 aromatic carbocycles. The van der Waals surface area contributed by atoms with E-state index in [4.69, 9.17) is 17.3 Å². The minimum Gasteiger partial charge on any atom is -0.318 e. The van der Waals surface area contributed by atoms with E-state index in [0.29, 0.717) is 20.6 Å². The first-order chi connectivity index (χ1) is 10.1. The molecule has 0 saturated carbocycles. The SMILES string of the molecule is NC(c1ccccc1)c1nnc(-c2cc(Cl)ccc2F)s1. The van der Waals surface area contributed by atoms with Gasteiger partial charge in [0, 0.05) is 10.6 Å². The molecule has 1 unspecified atom stereocenters. The van der Waals surface area contributed by atoms with Gasteiger partial charge >= 0.3 is 0 Å². The second-order valence-electron chi connectivity index (χ2n) is 4.46. The van der Waals surface area contributed by atoms with Crippen LogP contribution in [0.1, 0.15) is 16.6 Å². The fourth-order valence-electron chi connectivity index (χ4n) is 1.93. The summed E-state index contributed by atoms with van der Waals surface area (Å²) < 4.78 is 13.8. The Bertz CT molecular complexity index is 761. The first-order valence-electron chi connectivity index (χ1n) is 6.24. The highest BCUT2D eigenvalue weighted by atomic mass is 35.5. The van der Waals surface area contributed by atoms with Crippen LogP contribution in [0.2, 0.25) is 5.02 Å². The van der Waals surface area contributed by atoms with Crippen LogP contribution < -0.4 is 5.73 Å². The van der Waals surface area contributed by atoms with Crippen molar-refractivity contribution in [2.45, 2.75) is 6.04 Å². The number of nitrogens with zero attached hydrogens (tertiary/aromatic N) is 2. The van der Waals surface area contributed by atoms with Crippen LogP contribution in [0.5, 0.6) is 0 Å². The second kappa shape index (κ2) is 5.89. The molecule has 0 spiro atoms. The summed E-state index contributed by atoms with van der Waals surface area (Å²) in [6, 6.07) is 13.6. The monoisotopic (exact) mass is 319 g/mol. The highest BCUT2D eigenvalue weighted by Crippen LogP contribution is 2.31. The molecular weight excluding hydrogens is 309 g/mol. The third-order valence-electron chi connectivity index (χ3n) is 3.02. The largest absolute Gasteiger partial charge is 0.318 e. The molecule has 0 fully saturated rings. The molecule has 106 valence electrons. The van der Waals surface area contributed by atoms with E-state index in [1.165, 1.54) is 29.5 Å². The minimum atomic E-state index is -0.379. The topological polar surface area (TPSA) is 51.8 Å². The molecule has 1 atom stereocenters. The lowest BCUT2D eigenvalue weighted by Crippen LogP contribution is -2.11. The van der Waals surface area contributed by atoms with Crippen LogP contribution in [-0.4, -0.2) is 10.2 Å². The molecule has 3 nitrogen and oxygen atoms in total. The van der Waals surface area contributed by atoms with Crippen molar-refractivity contribution in [3.63, 3.8) is 0 Å². The molecule has 0 aliphatic rings. The van der Waals surface area contributed by atoms with Gasteiger partial charge in [-0.05, 0) is 23.8 Å². The first kappa shape index (κ1) is 14.1. The van der Waals surface area contributed by atoms with Gasteiger partial charge in [-0.3, -0.25) is 0 Å². The minimum absolute atomic E-state index is 0.339. The highest BCUT2D eigenvalue weighted by molar-refractivity contribution is 7.14. The number of aromatic nitrogens is 2. The van der Waals surface area contributed by atoms with Gasteiger partial charge in [0.15, 0.2) is 5.01 Å². The van der Waals surface area contributed by atoms with E-state index < -0.39 is 0 Å². The van der Waals surface area contributed by atoms with Crippen molar-refractivity contribution in [1.82, 2.24) is 10.2 Å². The summed E-state index contributed by atoms with van der Waals surface area (Å²) in [7, 11) is 0. The normalized spacial score (nSPS) is 12.3. The van der Waals surface area contributed by atoms with Gasteiger partial charge in [0.1, 0.15) is 10.8 Å². The van der Waals surface area contributed by atoms with Crippen LogP contribution >= 0.6 is 22.9 Å². The van der Waals surface area contributed by atoms with Gasteiger partial charge < -0.3 is 5.73 Å². The van der Waals surface area contributed by atoms with Gasteiger partial charge in [-0.1, -0.05) is 53.3 Å². The number of nitrogens with two attached hydrogens (primary N) is 1. The van der Waals surface area contributed by atoms with Crippen LogP contribution in [0.15, 0.2) is 48.5 Å². The zero-order valence-electron chi connectivity index (χ0n) is 10.8. The predicted molar refractivity (Wildman–Crippen MR) is 82.8 cm³/mol. The summed E-state index contributed by atoms with van der Waals surface area (Å²) in [6.45, 7) is 0. The number of halogens is 2. The van der Waals surface area contributed by atoms with Gasteiger partial charge in [-0.25, -0.2) is 4.39 Å². The molecule has 0 aliphatic carbocycles. The average molecular weight is 320 g/mol. The molecule has 1 aromatic heterocycles. The Morgan fingerprint density at radius 3 is 2.62 bits per heavy atom. The number of rotatable bonds is 3. The van der Waals surface area contributed by atoms with Crippen LogP contribution in [-0.2, 0) is 0 Å². The Morgan fingerprint density at radius 1 is 1.10 bits per heavy atom. The van der Waals surface area contributed by atoms with Gasteiger partial charge in [0.05, 0.1) is 6.04 Å². The predicted octanol–water partition coefficient (Wildman–Crippen LogP) is 4.05. The Morgan fingerprint density at radius 2 is 1.86 bits per heavy atom. The van der Waals surface area contributed by atoms with Gasteiger partial charge in [-0.15, -0.1) is 10.2 Å². The number of benzene rings is 2. The molecule has 3 rings (SSSR count). The van der Waals surface area contributed by atoms with E-state index in [9.17, 15) is 4.39 Å². The maximum atomic E-state index is 13.8. The quantitative estimate of drug-likeness (QED) is 0.792. The van der Waals surface area contributed by atoms with Gasteiger partial charge in [0.25, 0.3) is 0 Å². The van der Waals surface area contributed by atoms with E-state index in [1.54, 1.807) is 0 Å². The van der Waals surface area contributed by atoms with E-state index in [0.717, 1.165) is 5.56 Å². The van der Waals surface area contributed by atoms with Crippen LogP contribution in [0, 0.1) is 5.82 Å². The average Bonchev–Trinajstić information content (AvgIpc) is 2.99. The van der Waals surface area contributed by atoms with Crippen molar-refractivity contribution in [2.75, 3.05) is 0 Å². The Kier molecular flexibility index (Phi) is 3.96. The maximum Gasteiger partial charge on any atom is 0.150 e. The van der Waals surface area contributed by atoms with E-state index in [2.05, 4.69) is 10.2 Å². The van der Waals surface area contributed by atoms with Crippen molar-refractivity contribution in [3.05, 3.63) is 69.9 Å². The summed E-state index contributed by atoms with van der Waals surface area (Å²) in [6.07, 6.45) is 0. The van der Waals surface area contributed by atoms with E-state index >= 15 is 0 Å². The van der Waals surface area contributed by atoms with Crippen molar-refractivity contribution in [2.24, 2.45) is 5.73 Å². The van der Waals surface area contributed by atoms with Crippen molar-refractivity contribution >= 4 is 22.9 Å². The van der Waals surface area contributed by atoms with E-state index in [-0.39, 0.29) is 11.9 Å². The maximum absolute atomic E-state index is 13.8. The molecular formula is C15H11ClFN3S. The van der Waals surface area contributed by atoms with Crippen LogP contribution in [0.3, 0.4) is 0 Å². The molecule has 21 heavy (non-hydrogen) atoms. The summed E-state index contributed by atoms with van der Waals surface area (Å²) in [5, 5.41) is 9.66. The number of hydrogen-bond acceptors (Lipinski definition) is 4.